The summed E-state index contributed by atoms with van der Waals surface area (Å²) in [6.07, 6.45) is 2.99. The van der Waals surface area contributed by atoms with E-state index < -0.39 is 5.72 Å². The fourth-order valence-corrected chi connectivity index (χ4v) is 5.44. The van der Waals surface area contributed by atoms with E-state index >= 15 is 0 Å². The van der Waals surface area contributed by atoms with E-state index in [1.165, 1.54) is 6.07 Å². The summed E-state index contributed by atoms with van der Waals surface area (Å²) in [5, 5.41) is 25.6. The van der Waals surface area contributed by atoms with Crippen LogP contribution in [-0.2, 0) is 0 Å². The van der Waals surface area contributed by atoms with Crippen LogP contribution in [0.4, 0.5) is 0 Å². The molecule has 158 valence electrons. The highest BCUT2D eigenvalue weighted by molar-refractivity contribution is 8.13. The predicted molar refractivity (Wildman–Crippen MR) is 123 cm³/mol. The molecule has 0 saturated heterocycles. The highest BCUT2D eigenvalue weighted by Gasteiger charge is 2.49. The van der Waals surface area contributed by atoms with Gasteiger partial charge >= 0.3 is 0 Å². The van der Waals surface area contributed by atoms with Gasteiger partial charge in [0.1, 0.15) is 0 Å². The van der Waals surface area contributed by atoms with E-state index in [0.29, 0.717) is 23.6 Å². The van der Waals surface area contributed by atoms with Crippen LogP contribution in [0.1, 0.15) is 43.7 Å². The molecule has 3 N–H and O–H groups in total. The van der Waals surface area contributed by atoms with Crippen LogP contribution < -0.4 is 10.1 Å². The van der Waals surface area contributed by atoms with Crippen LogP contribution >= 0.6 is 23.4 Å². The van der Waals surface area contributed by atoms with Crippen LogP contribution in [-0.4, -0.2) is 32.4 Å². The first-order chi connectivity index (χ1) is 14.2. The third-order valence-electron chi connectivity index (χ3n) is 5.42. The number of rotatable bonds is 3. The Morgan fingerprint density at radius 2 is 2.03 bits per heavy atom. The first kappa shape index (κ1) is 20.9. The second kappa shape index (κ2) is 7.75. The number of nitrogens with one attached hydrogen (secondary N) is 1. The zero-order valence-electron chi connectivity index (χ0n) is 17.0. The van der Waals surface area contributed by atoms with Gasteiger partial charge in [-0.3, -0.25) is 0 Å². The molecule has 2 aliphatic heterocycles. The smallest absolute Gasteiger partial charge is 0.206 e. The number of phenols is 2. The van der Waals surface area contributed by atoms with Gasteiger partial charge in [0.15, 0.2) is 16.7 Å². The Kier molecular flexibility index (Phi) is 5.41. The molecule has 2 aromatic carbocycles. The fraction of sp³-hybridized carbons (Fsp3) is 0.348. The van der Waals surface area contributed by atoms with E-state index in [-0.39, 0.29) is 28.7 Å². The Balaban J connectivity index is 1.88. The average molecular weight is 445 g/mol. The zero-order chi connectivity index (χ0) is 21.5. The van der Waals surface area contributed by atoms with Gasteiger partial charge in [0.25, 0.3) is 0 Å². The molecule has 2 atom stereocenters. The molecule has 4 rings (SSSR count). The molecule has 2 unspecified atom stereocenters. The van der Waals surface area contributed by atoms with Crippen molar-refractivity contribution in [2.75, 3.05) is 5.75 Å². The van der Waals surface area contributed by atoms with Gasteiger partial charge in [0, 0.05) is 40.6 Å². The van der Waals surface area contributed by atoms with Crippen molar-refractivity contribution in [1.82, 2.24) is 5.32 Å². The maximum Gasteiger partial charge on any atom is 0.206 e. The van der Waals surface area contributed by atoms with Crippen molar-refractivity contribution in [2.24, 2.45) is 4.99 Å². The average Bonchev–Trinajstić information content (AvgIpc) is 2.68. The lowest BCUT2D eigenvalue weighted by atomic mass is 9.77. The maximum atomic E-state index is 10.6. The molecule has 5 nitrogen and oxygen atoms in total. The molecule has 2 aromatic rings. The number of aromatic hydroxyl groups is 2. The van der Waals surface area contributed by atoms with Crippen molar-refractivity contribution >= 4 is 28.5 Å². The topological polar surface area (TPSA) is 74.1 Å². The monoisotopic (exact) mass is 444 g/mol. The highest BCUT2D eigenvalue weighted by atomic mass is 35.5. The summed E-state index contributed by atoms with van der Waals surface area (Å²) >= 11 is 8.12. The van der Waals surface area contributed by atoms with Gasteiger partial charge in [0.05, 0.1) is 0 Å². The normalized spacial score (nSPS) is 24.4. The van der Waals surface area contributed by atoms with Crippen LogP contribution in [0.3, 0.4) is 0 Å². The molecule has 2 aliphatic rings. The van der Waals surface area contributed by atoms with E-state index in [0.717, 1.165) is 16.3 Å². The van der Waals surface area contributed by atoms with E-state index in [9.17, 15) is 10.2 Å². The molecule has 7 heteroatoms. The SMILES string of the molecule is C=CCSC1=NC2(CC(c3ccccc3Cl)c3ccc(O)c(O)c3O2)CC(C)(C)N1. The molecule has 0 aliphatic carbocycles. The number of halogens is 1. The molecule has 0 radical (unpaired) electrons. The number of fused-ring (bicyclic) bond motifs is 1. The van der Waals surface area contributed by atoms with E-state index in [4.69, 9.17) is 21.3 Å². The molecular weight excluding hydrogens is 420 g/mol. The summed E-state index contributed by atoms with van der Waals surface area (Å²) in [5.41, 5.74) is 0.552. The number of aliphatic imine (C=N–C) groups is 1. The van der Waals surface area contributed by atoms with Gasteiger partial charge < -0.3 is 20.3 Å². The van der Waals surface area contributed by atoms with Gasteiger partial charge in [-0.05, 0) is 31.5 Å². The van der Waals surface area contributed by atoms with Gasteiger partial charge in [-0.25, -0.2) is 4.99 Å². The third-order valence-corrected chi connectivity index (χ3v) is 6.63. The first-order valence-corrected chi connectivity index (χ1v) is 11.2. The second-order valence-corrected chi connectivity index (χ2v) is 9.80. The largest absolute Gasteiger partial charge is 0.504 e. The minimum absolute atomic E-state index is 0.141. The molecule has 0 fully saturated rings. The fourth-order valence-electron chi connectivity index (χ4n) is 4.31. The summed E-state index contributed by atoms with van der Waals surface area (Å²) in [6, 6.07) is 11.0. The molecular formula is C23H25ClN2O3S. The number of amidine groups is 1. The minimum Gasteiger partial charge on any atom is -0.504 e. The van der Waals surface area contributed by atoms with Gasteiger partial charge in [-0.15, -0.1) is 6.58 Å². The summed E-state index contributed by atoms with van der Waals surface area (Å²) in [7, 11) is 0. The van der Waals surface area contributed by atoms with Crippen molar-refractivity contribution in [2.45, 2.75) is 43.9 Å². The third kappa shape index (κ3) is 3.86. The number of phenolic OH excluding ortho intramolecular Hbond substituents is 2. The quantitative estimate of drug-likeness (QED) is 0.436. The Labute approximate surface area is 185 Å². The van der Waals surface area contributed by atoms with Crippen LogP contribution in [0.25, 0.3) is 0 Å². The second-order valence-electron chi connectivity index (χ2n) is 8.38. The molecule has 0 amide bonds. The summed E-state index contributed by atoms with van der Waals surface area (Å²) in [5.74, 6) is 0.352. The van der Waals surface area contributed by atoms with Crippen molar-refractivity contribution in [3.8, 4) is 17.2 Å². The Bertz CT molecular complexity index is 1020. The number of hydrogen-bond acceptors (Lipinski definition) is 6. The van der Waals surface area contributed by atoms with Crippen molar-refractivity contribution in [3.63, 3.8) is 0 Å². The molecule has 30 heavy (non-hydrogen) atoms. The first-order valence-electron chi connectivity index (χ1n) is 9.84. The van der Waals surface area contributed by atoms with Crippen LogP contribution in [0.5, 0.6) is 17.2 Å². The standard InChI is InChI=1S/C23H25ClN2O3S/c1-4-11-30-21-25-22(2,3)13-23(26-21)12-16(14-7-5-6-8-17(14)24)15-9-10-18(27)19(28)20(15)29-23/h4-10,16,27-28H,1,11-13H2,2-3H3,(H,25,26). The van der Waals surface area contributed by atoms with Gasteiger partial charge in [-0.1, -0.05) is 53.7 Å². The van der Waals surface area contributed by atoms with E-state index in [1.807, 2.05) is 30.3 Å². The summed E-state index contributed by atoms with van der Waals surface area (Å²) < 4.78 is 6.39. The van der Waals surface area contributed by atoms with Crippen LogP contribution in [0.2, 0.25) is 5.02 Å². The van der Waals surface area contributed by atoms with E-state index in [1.54, 1.807) is 17.8 Å². The Morgan fingerprint density at radius 1 is 1.27 bits per heavy atom. The highest BCUT2D eigenvalue weighted by Crippen LogP contribution is 2.54. The van der Waals surface area contributed by atoms with Crippen LogP contribution in [0.15, 0.2) is 54.0 Å². The Hall–Kier alpha value is -2.31. The van der Waals surface area contributed by atoms with Gasteiger partial charge in [-0.2, -0.15) is 0 Å². The number of thioether (sulfide) groups is 1. The predicted octanol–water partition coefficient (Wildman–Crippen LogP) is 5.41. The summed E-state index contributed by atoms with van der Waals surface area (Å²) in [6.45, 7) is 7.99. The number of benzene rings is 2. The molecule has 1 spiro atoms. The summed E-state index contributed by atoms with van der Waals surface area (Å²) in [4.78, 5) is 4.94. The Morgan fingerprint density at radius 3 is 2.77 bits per heavy atom. The number of nitrogens with zero attached hydrogens (tertiary/aromatic N) is 1. The van der Waals surface area contributed by atoms with Gasteiger partial charge in [0.2, 0.25) is 11.5 Å². The number of ether oxygens (including phenoxy) is 1. The molecule has 2 heterocycles. The van der Waals surface area contributed by atoms with Crippen molar-refractivity contribution in [1.29, 1.82) is 0 Å². The zero-order valence-corrected chi connectivity index (χ0v) is 18.6. The van der Waals surface area contributed by atoms with Crippen LogP contribution in [0, 0.1) is 0 Å². The lowest BCUT2D eigenvalue weighted by Crippen LogP contribution is -2.57. The van der Waals surface area contributed by atoms with E-state index in [2.05, 4.69) is 25.7 Å². The van der Waals surface area contributed by atoms with Crippen molar-refractivity contribution < 1.29 is 14.9 Å². The maximum absolute atomic E-state index is 10.6. The molecule has 0 saturated carbocycles. The minimum atomic E-state index is -0.902. The number of hydrogen-bond donors (Lipinski definition) is 3. The molecule has 0 bridgehead atoms. The van der Waals surface area contributed by atoms with Crippen molar-refractivity contribution in [3.05, 3.63) is 65.2 Å². The lowest BCUT2D eigenvalue weighted by molar-refractivity contribution is 0.0108. The molecule has 0 aromatic heterocycles. The lowest BCUT2D eigenvalue weighted by Gasteiger charge is -2.47.